The van der Waals surface area contributed by atoms with Gasteiger partial charge in [-0.2, -0.15) is 0 Å². The van der Waals surface area contributed by atoms with E-state index in [2.05, 4.69) is 83.1 Å². The lowest BCUT2D eigenvalue weighted by molar-refractivity contribution is 0.124. The van der Waals surface area contributed by atoms with Gasteiger partial charge in [0.1, 0.15) is 0 Å². The Bertz CT molecular complexity index is 209. The average molecular weight is 285 g/mol. The molecule has 0 heterocycles. The van der Waals surface area contributed by atoms with Crippen molar-refractivity contribution in [3.05, 3.63) is 0 Å². The van der Waals surface area contributed by atoms with Crippen molar-refractivity contribution in [2.75, 3.05) is 0 Å². The highest BCUT2D eigenvalue weighted by atomic mass is 14.3. The van der Waals surface area contributed by atoms with Crippen LogP contribution in [0.4, 0.5) is 0 Å². The summed E-state index contributed by atoms with van der Waals surface area (Å²) in [5, 5.41) is 0. The van der Waals surface area contributed by atoms with Crippen LogP contribution < -0.4 is 0 Å². The molecule has 0 N–H and O–H groups in total. The fourth-order valence-corrected chi connectivity index (χ4v) is 4.28. The lowest BCUT2D eigenvalue weighted by atomic mass is 9.69. The third-order valence-corrected chi connectivity index (χ3v) is 4.65. The Balaban J connectivity index is 0. The van der Waals surface area contributed by atoms with E-state index < -0.39 is 0 Å². The highest BCUT2D eigenvalue weighted by Gasteiger charge is 2.29. The molecule has 0 nitrogen and oxygen atoms in total. The zero-order chi connectivity index (χ0) is 16.7. The second-order valence-electron chi connectivity index (χ2n) is 9.26. The van der Waals surface area contributed by atoms with Crippen LogP contribution in [0.5, 0.6) is 0 Å². The van der Waals surface area contributed by atoms with Crippen LogP contribution in [-0.4, -0.2) is 0 Å². The molecule has 0 spiro atoms. The SMILES string of the molecule is CC(C)C(C(C)C)C(C)(C)C.CCC(CC)C(C)(C)C. The highest BCUT2D eigenvalue weighted by Crippen LogP contribution is 2.37. The molecule has 0 aliphatic carbocycles. The third kappa shape index (κ3) is 9.03. The second-order valence-corrected chi connectivity index (χ2v) is 9.26. The van der Waals surface area contributed by atoms with Crippen molar-refractivity contribution in [1.82, 2.24) is 0 Å². The topological polar surface area (TPSA) is 0 Å². The van der Waals surface area contributed by atoms with Gasteiger partial charge in [0.15, 0.2) is 0 Å². The van der Waals surface area contributed by atoms with Crippen LogP contribution in [0, 0.1) is 34.5 Å². The first-order valence-electron chi connectivity index (χ1n) is 8.78. The van der Waals surface area contributed by atoms with Crippen LogP contribution in [0.1, 0.15) is 95.9 Å². The average Bonchev–Trinajstić information content (AvgIpc) is 2.13. The fraction of sp³-hybridized carbons (Fsp3) is 1.00. The van der Waals surface area contributed by atoms with Gasteiger partial charge in [0, 0.05) is 0 Å². The predicted molar refractivity (Wildman–Crippen MR) is 96.1 cm³/mol. The molecule has 0 atom stereocenters. The van der Waals surface area contributed by atoms with Crippen molar-refractivity contribution in [3.8, 4) is 0 Å². The molecule has 0 aliphatic heterocycles. The first kappa shape index (κ1) is 22.3. The Labute approximate surface area is 131 Å². The molecule has 0 unspecified atom stereocenters. The van der Waals surface area contributed by atoms with E-state index in [9.17, 15) is 0 Å². The molecule has 0 aromatic rings. The summed E-state index contributed by atoms with van der Waals surface area (Å²) in [5.41, 5.74) is 0.978. The Morgan fingerprint density at radius 3 is 0.900 bits per heavy atom. The van der Waals surface area contributed by atoms with Gasteiger partial charge in [-0.15, -0.1) is 0 Å². The second kappa shape index (κ2) is 9.11. The summed E-state index contributed by atoms with van der Waals surface area (Å²) in [7, 11) is 0. The van der Waals surface area contributed by atoms with Crippen LogP contribution in [0.2, 0.25) is 0 Å². The van der Waals surface area contributed by atoms with Crippen molar-refractivity contribution in [3.63, 3.8) is 0 Å². The smallest absolute Gasteiger partial charge is 0.0319 e. The molecule has 0 radical (unpaired) electrons. The number of hydrogen-bond donors (Lipinski definition) is 0. The maximum Gasteiger partial charge on any atom is -0.0319 e. The van der Waals surface area contributed by atoms with Gasteiger partial charge >= 0.3 is 0 Å². The van der Waals surface area contributed by atoms with Crippen LogP contribution in [0.25, 0.3) is 0 Å². The van der Waals surface area contributed by atoms with Crippen LogP contribution in [0.3, 0.4) is 0 Å². The normalized spacial score (nSPS) is 13.2. The van der Waals surface area contributed by atoms with E-state index in [4.69, 9.17) is 0 Å². The summed E-state index contributed by atoms with van der Waals surface area (Å²) in [6.07, 6.45) is 2.64. The summed E-state index contributed by atoms with van der Waals surface area (Å²) in [6.45, 7) is 27.9. The Hall–Kier alpha value is 0. The third-order valence-electron chi connectivity index (χ3n) is 4.65. The quantitative estimate of drug-likeness (QED) is 0.503. The lowest BCUT2D eigenvalue weighted by Gasteiger charge is -2.37. The van der Waals surface area contributed by atoms with Crippen molar-refractivity contribution in [2.45, 2.75) is 95.9 Å². The molecule has 124 valence electrons. The summed E-state index contributed by atoms with van der Waals surface area (Å²) < 4.78 is 0. The van der Waals surface area contributed by atoms with Gasteiger partial charge in [0.05, 0.1) is 0 Å². The predicted octanol–water partition coefficient (Wildman–Crippen LogP) is 7.43. The zero-order valence-electron chi connectivity index (χ0n) is 16.7. The molecule has 0 aromatic heterocycles. The molecule has 20 heavy (non-hydrogen) atoms. The Morgan fingerprint density at radius 2 is 0.900 bits per heavy atom. The number of hydrogen-bond acceptors (Lipinski definition) is 0. The molecule has 0 heteroatoms. The van der Waals surface area contributed by atoms with Crippen LogP contribution in [-0.2, 0) is 0 Å². The summed E-state index contributed by atoms with van der Waals surface area (Å²) in [4.78, 5) is 0. The van der Waals surface area contributed by atoms with E-state index in [0.717, 1.165) is 23.7 Å². The van der Waals surface area contributed by atoms with E-state index in [1.54, 1.807) is 0 Å². The van der Waals surface area contributed by atoms with Gasteiger partial charge in [0.2, 0.25) is 0 Å². The van der Waals surface area contributed by atoms with E-state index in [1.165, 1.54) is 12.8 Å². The van der Waals surface area contributed by atoms with Gasteiger partial charge in [-0.25, -0.2) is 0 Å². The fourth-order valence-electron chi connectivity index (χ4n) is 4.28. The molecule has 0 bridgehead atoms. The van der Waals surface area contributed by atoms with Crippen molar-refractivity contribution < 1.29 is 0 Å². The standard InChI is InChI=1S/C11H24.C9H20/c1-8(2)10(9(3)4)11(5,6)7;1-6-8(7-2)9(3,4)5/h8-10H,1-7H3;8H,6-7H2,1-5H3. The van der Waals surface area contributed by atoms with Gasteiger partial charge in [-0.1, -0.05) is 95.9 Å². The van der Waals surface area contributed by atoms with Gasteiger partial charge in [-0.3, -0.25) is 0 Å². The van der Waals surface area contributed by atoms with Crippen molar-refractivity contribution in [1.29, 1.82) is 0 Å². The molecular formula is C20H44. The molecule has 0 aromatic carbocycles. The molecule has 0 fully saturated rings. The number of rotatable bonds is 4. The first-order chi connectivity index (χ1) is 8.78. The molecule has 0 rings (SSSR count). The Kier molecular flexibility index (Phi) is 10.1. The van der Waals surface area contributed by atoms with E-state index in [0.29, 0.717) is 10.8 Å². The molecule has 0 saturated heterocycles. The van der Waals surface area contributed by atoms with Crippen LogP contribution in [0.15, 0.2) is 0 Å². The largest absolute Gasteiger partial charge is 0.0651 e. The summed E-state index contributed by atoms with van der Waals surface area (Å²) >= 11 is 0. The molecule has 0 amide bonds. The molecule has 0 aliphatic rings. The van der Waals surface area contributed by atoms with E-state index >= 15 is 0 Å². The lowest BCUT2D eigenvalue weighted by Crippen LogP contribution is -2.29. The maximum absolute atomic E-state index is 2.34. The van der Waals surface area contributed by atoms with Gasteiger partial charge < -0.3 is 0 Å². The molecule has 0 saturated carbocycles. The molecular weight excluding hydrogens is 240 g/mol. The van der Waals surface area contributed by atoms with E-state index in [-0.39, 0.29) is 0 Å². The highest BCUT2D eigenvalue weighted by molar-refractivity contribution is 4.78. The van der Waals surface area contributed by atoms with Crippen molar-refractivity contribution in [2.24, 2.45) is 34.5 Å². The minimum atomic E-state index is 0.461. The monoisotopic (exact) mass is 284 g/mol. The van der Waals surface area contributed by atoms with Crippen molar-refractivity contribution >= 4 is 0 Å². The minimum absolute atomic E-state index is 0.461. The maximum atomic E-state index is 2.34. The van der Waals surface area contributed by atoms with Gasteiger partial charge in [-0.05, 0) is 34.5 Å². The Morgan fingerprint density at radius 1 is 0.600 bits per heavy atom. The first-order valence-corrected chi connectivity index (χ1v) is 8.78. The van der Waals surface area contributed by atoms with E-state index in [1.807, 2.05) is 0 Å². The van der Waals surface area contributed by atoms with Gasteiger partial charge in [0.25, 0.3) is 0 Å². The van der Waals surface area contributed by atoms with Crippen LogP contribution >= 0.6 is 0 Å². The minimum Gasteiger partial charge on any atom is -0.0651 e. The summed E-state index contributed by atoms with van der Waals surface area (Å²) in [5.74, 6) is 3.34. The summed E-state index contributed by atoms with van der Waals surface area (Å²) in [6, 6.07) is 0. The zero-order valence-corrected chi connectivity index (χ0v) is 16.7.